The van der Waals surface area contributed by atoms with Gasteiger partial charge in [0.25, 0.3) is 0 Å². The quantitative estimate of drug-likeness (QED) is 0.848. The zero-order valence-electron chi connectivity index (χ0n) is 13.6. The second-order valence-corrected chi connectivity index (χ2v) is 6.44. The molecule has 0 saturated heterocycles. The van der Waals surface area contributed by atoms with Gasteiger partial charge in [0, 0.05) is 12.2 Å². The first-order chi connectivity index (χ1) is 10.2. The number of methoxy groups -OCH3 is 1. The van der Waals surface area contributed by atoms with Crippen LogP contribution >= 0.6 is 0 Å². The van der Waals surface area contributed by atoms with Crippen molar-refractivity contribution in [2.75, 3.05) is 14.2 Å². The fraction of sp³-hybridized carbons (Fsp3) is 0.562. The molecular weight excluding hydrogens is 284 g/mol. The van der Waals surface area contributed by atoms with Crippen LogP contribution in [0, 0.1) is 0 Å². The molecule has 22 heavy (non-hydrogen) atoms. The van der Waals surface area contributed by atoms with Gasteiger partial charge in [-0.2, -0.15) is 0 Å². The molecule has 0 bridgehead atoms. The summed E-state index contributed by atoms with van der Waals surface area (Å²) >= 11 is 0. The molecule has 1 N–H and O–H groups in total. The molecule has 0 aromatic carbocycles. The van der Waals surface area contributed by atoms with E-state index in [1.165, 1.54) is 13.3 Å². The lowest BCUT2D eigenvalue weighted by Crippen LogP contribution is -2.37. The second kappa shape index (κ2) is 5.68. The number of ether oxygens (including phenoxy) is 2. The highest BCUT2D eigenvalue weighted by Gasteiger charge is 2.63. The van der Waals surface area contributed by atoms with E-state index < -0.39 is 17.0 Å². The second-order valence-electron chi connectivity index (χ2n) is 6.44. The molecule has 6 heteroatoms. The largest absolute Gasteiger partial charge is 0.465 e. The molecule has 2 atom stereocenters. The van der Waals surface area contributed by atoms with E-state index in [1.54, 1.807) is 19.2 Å². The van der Waals surface area contributed by atoms with Crippen molar-refractivity contribution < 1.29 is 19.1 Å². The third kappa shape index (κ3) is 2.97. The van der Waals surface area contributed by atoms with Gasteiger partial charge in [-0.25, -0.2) is 4.79 Å². The fourth-order valence-electron chi connectivity index (χ4n) is 2.49. The number of nitrogens with zero attached hydrogens (tertiary/aromatic N) is 1. The standard InChI is InChI=1S/C16H22N2O4/c1-15(2,3)22-14(20)16(8-12(16)17-4)11-7-6-10(9-18-11)13(19)21-5/h6-7,9,12,17H,8H2,1-5H3. The van der Waals surface area contributed by atoms with Crippen LogP contribution in [0.3, 0.4) is 0 Å². The minimum absolute atomic E-state index is 0.0150. The molecule has 0 aliphatic heterocycles. The molecule has 6 nitrogen and oxygen atoms in total. The molecule has 0 spiro atoms. The van der Waals surface area contributed by atoms with Gasteiger partial charge in [-0.05, 0) is 46.4 Å². The summed E-state index contributed by atoms with van der Waals surface area (Å²) in [5.41, 5.74) is -0.380. The molecule has 1 aromatic heterocycles. The number of hydrogen-bond acceptors (Lipinski definition) is 6. The van der Waals surface area contributed by atoms with Gasteiger partial charge in [0.15, 0.2) is 0 Å². The molecule has 1 aromatic rings. The predicted octanol–water partition coefficient (Wildman–Crippen LogP) is 1.44. The predicted molar refractivity (Wildman–Crippen MR) is 80.6 cm³/mol. The topological polar surface area (TPSA) is 77.5 Å². The number of rotatable bonds is 4. The van der Waals surface area contributed by atoms with Gasteiger partial charge < -0.3 is 14.8 Å². The number of carbonyl (C=O) groups excluding carboxylic acids is 2. The summed E-state index contributed by atoms with van der Waals surface area (Å²) in [6.07, 6.45) is 2.06. The molecule has 1 aliphatic rings. The molecule has 1 heterocycles. The number of nitrogens with one attached hydrogen (secondary N) is 1. The van der Waals surface area contributed by atoms with Gasteiger partial charge in [0.2, 0.25) is 0 Å². The molecule has 2 unspecified atom stereocenters. The third-order valence-corrected chi connectivity index (χ3v) is 3.71. The van der Waals surface area contributed by atoms with Crippen LogP contribution in [0.1, 0.15) is 43.2 Å². The summed E-state index contributed by atoms with van der Waals surface area (Å²) in [4.78, 5) is 28.3. The summed E-state index contributed by atoms with van der Waals surface area (Å²) in [6, 6.07) is 3.29. The summed E-state index contributed by atoms with van der Waals surface area (Å²) in [6.45, 7) is 5.51. The van der Waals surface area contributed by atoms with E-state index in [2.05, 4.69) is 15.0 Å². The Bertz CT molecular complexity index is 577. The highest BCUT2D eigenvalue weighted by Crippen LogP contribution is 2.49. The first kappa shape index (κ1) is 16.4. The Hall–Kier alpha value is -1.95. The first-order valence-electron chi connectivity index (χ1n) is 7.20. The maximum atomic E-state index is 12.6. The van der Waals surface area contributed by atoms with Crippen LogP contribution in [0.2, 0.25) is 0 Å². The lowest BCUT2D eigenvalue weighted by Gasteiger charge is -2.24. The third-order valence-electron chi connectivity index (χ3n) is 3.71. The van der Waals surface area contributed by atoms with Crippen molar-refractivity contribution in [2.24, 2.45) is 0 Å². The van der Waals surface area contributed by atoms with Crippen LogP contribution in [-0.4, -0.2) is 42.7 Å². The van der Waals surface area contributed by atoms with Crippen LogP contribution in [0.4, 0.5) is 0 Å². The van der Waals surface area contributed by atoms with Gasteiger partial charge in [-0.1, -0.05) is 0 Å². The maximum Gasteiger partial charge on any atom is 0.339 e. The molecule has 2 rings (SSSR count). The minimum atomic E-state index is -0.781. The Morgan fingerprint density at radius 1 is 1.36 bits per heavy atom. The smallest absolute Gasteiger partial charge is 0.339 e. The lowest BCUT2D eigenvalue weighted by atomic mass is 9.99. The number of likely N-dealkylation sites (N-methyl/N-ethyl adjacent to an activating group) is 1. The van der Waals surface area contributed by atoms with Crippen molar-refractivity contribution >= 4 is 11.9 Å². The van der Waals surface area contributed by atoms with E-state index in [9.17, 15) is 9.59 Å². The van der Waals surface area contributed by atoms with E-state index in [0.29, 0.717) is 17.7 Å². The van der Waals surface area contributed by atoms with Crippen LogP contribution in [-0.2, 0) is 19.7 Å². The zero-order valence-corrected chi connectivity index (χ0v) is 13.6. The number of hydrogen-bond donors (Lipinski definition) is 1. The molecule has 0 radical (unpaired) electrons. The van der Waals surface area contributed by atoms with Crippen LogP contribution in [0.25, 0.3) is 0 Å². The van der Waals surface area contributed by atoms with E-state index >= 15 is 0 Å². The maximum absolute atomic E-state index is 12.6. The summed E-state index contributed by atoms with van der Waals surface area (Å²) in [5.74, 6) is -0.746. The van der Waals surface area contributed by atoms with E-state index in [-0.39, 0.29) is 12.0 Å². The molecule has 120 valence electrons. The molecule has 1 saturated carbocycles. The van der Waals surface area contributed by atoms with Crippen molar-refractivity contribution in [3.05, 3.63) is 29.6 Å². The van der Waals surface area contributed by atoms with Gasteiger partial charge in [-0.15, -0.1) is 0 Å². The van der Waals surface area contributed by atoms with Gasteiger partial charge in [-0.3, -0.25) is 9.78 Å². The summed E-state index contributed by atoms with van der Waals surface area (Å²) in [5, 5.41) is 3.11. The molecule has 0 amide bonds. The van der Waals surface area contributed by atoms with Crippen molar-refractivity contribution in [3.63, 3.8) is 0 Å². The van der Waals surface area contributed by atoms with Gasteiger partial charge in [0.05, 0.1) is 18.4 Å². The lowest BCUT2D eigenvalue weighted by molar-refractivity contribution is -0.158. The van der Waals surface area contributed by atoms with Crippen LogP contribution < -0.4 is 5.32 Å². The first-order valence-corrected chi connectivity index (χ1v) is 7.20. The SMILES string of the molecule is CNC1CC1(C(=O)OC(C)(C)C)c1ccc(C(=O)OC)cn1. The molecule has 1 aliphatic carbocycles. The van der Waals surface area contributed by atoms with Crippen LogP contribution in [0.15, 0.2) is 18.3 Å². The number of pyridine rings is 1. The van der Waals surface area contributed by atoms with Crippen molar-refractivity contribution in [3.8, 4) is 0 Å². The Morgan fingerprint density at radius 3 is 2.45 bits per heavy atom. The average Bonchev–Trinajstić information content (AvgIpc) is 3.21. The monoisotopic (exact) mass is 306 g/mol. The molecular formula is C16H22N2O4. The average molecular weight is 306 g/mol. The van der Waals surface area contributed by atoms with E-state index in [1.807, 2.05) is 20.8 Å². The van der Waals surface area contributed by atoms with E-state index in [0.717, 1.165) is 0 Å². The van der Waals surface area contributed by atoms with Gasteiger partial charge in [0.1, 0.15) is 11.0 Å². The summed E-state index contributed by atoms with van der Waals surface area (Å²) in [7, 11) is 3.12. The zero-order chi connectivity index (χ0) is 16.5. The normalized spacial score (nSPS) is 23.8. The number of esters is 2. The number of aromatic nitrogens is 1. The van der Waals surface area contributed by atoms with Crippen molar-refractivity contribution in [1.29, 1.82) is 0 Å². The minimum Gasteiger partial charge on any atom is -0.465 e. The Morgan fingerprint density at radius 2 is 2.05 bits per heavy atom. The number of carbonyl (C=O) groups is 2. The fourth-order valence-corrected chi connectivity index (χ4v) is 2.49. The van der Waals surface area contributed by atoms with Crippen molar-refractivity contribution in [1.82, 2.24) is 10.3 Å². The highest BCUT2D eigenvalue weighted by atomic mass is 16.6. The molecule has 1 fully saturated rings. The summed E-state index contributed by atoms with van der Waals surface area (Å²) < 4.78 is 10.2. The van der Waals surface area contributed by atoms with Gasteiger partial charge >= 0.3 is 11.9 Å². The van der Waals surface area contributed by atoms with Crippen molar-refractivity contribution in [2.45, 2.75) is 44.2 Å². The van der Waals surface area contributed by atoms with E-state index in [4.69, 9.17) is 4.74 Å². The Balaban J connectivity index is 2.29. The Kier molecular flexibility index (Phi) is 4.24. The Labute approximate surface area is 130 Å². The van der Waals surface area contributed by atoms with Crippen LogP contribution in [0.5, 0.6) is 0 Å². The highest BCUT2D eigenvalue weighted by molar-refractivity contribution is 5.90.